The van der Waals surface area contributed by atoms with Gasteiger partial charge in [0.05, 0.1) is 11.4 Å². The van der Waals surface area contributed by atoms with Crippen molar-refractivity contribution in [3.63, 3.8) is 0 Å². The van der Waals surface area contributed by atoms with E-state index < -0.39 is 0 Å². The van der Waals surface area contributed by atoms with Gasteiger partial charge in [-0.25, -0.2) is 4.98 Å². The molecule has 108 valence electrons. The Bertz CT molecular complexity index is 957. The van der Waals surface area contributed by atoms with Gasteiger partial charge in [0.2, 0.25) is 0 Å². The molecule has 0 amide bonds. The molecule has 4 rings (SSSR count). The van der Waals surface area contributed by atoms with Crippen LogP contribution in [0.3, 0.4) is 0 Å². The summed E-state index contributed by atoms with van der Waals surface area (Å²) in [5, 5.41) is 15.4. The SMILES string of the molecule is Cc1cc2nnc(-c3nc(-c4ccccc4)cs3)c(N)n2n1. The Morgan fingerprint density at radius 1 is 1.14 bits per heavy atom. The van der Waals surface area contributed by atoms with Gasteiger partial charge in [0.15, 0.2) is 17.2 Å². The number of nitrogens with two attached hydrogens (primary N) is 1. The molecule has 0 bridgehead atoms. The quantitative estimate of drug-likeness (QED) is 0.616. The van der Waals surface area contributed by atoms with Crippen LogP contribution in [0.15, 0.2) is 41.8 Å². The van der Waals surface area contributed by atoms with Gasteiger partial charge in [-0.3, -0.25) is 0 Å². The zero-order valence-electron chi connectivity index (χ0n) is 11.8. The summed E-state index contributed by atoms with van der Waals surface area (Å²) < 4.78 is 1.60. The van der Waals surface area contributed by atoms with E-state index >= 15 is 0 Å². The first kappa shape index (κ1) is 12.9. The third kappa shape index (κ3) is 2.03. The first-order chi connectivity index (χ1) is 10.7. The monoisotopic (exact) mass is 308 g/mol. The van der Waals surface area contributed by atoms with Crippen molar-refractivity contribution in [2.24, 2.45) is 0 Å². The molecule has 3 heterocycles. The number of nitrogen functional groups attached to an aromatic ring is 1. The second-order valence-electron chi connectivity index (χ2n) is 4.89. The largest absolute Gasteiger partial charge is 0.382 e. The van der Waals surface area contributed by atoms with E-state index in [9.17, 15) is 0 Å². The zero-order valence-corrected chi connectivity index (χ0v) is 12.6. The molecule has 0 atom stereocenters. The molecule has 0 aliphatic heterocycles. The third-order valence-corrected chi connectivity index (χ3v) is 4.16. The molecule has 0 saturated carbocycles. The molecule has 3 aromatic heterocycles. The molecule has 0 fully saturated rings. The summed E-state index contributed by atoms with van der Waals surface area (Å²) in [5.74, 6) is 0.451. The molecule has 0 aliphatic carbocycles. The Kier molecular flexibility index (Phi) is 2.87. The minimum Gasteiger partial charge on any atom is -0.382 e. The summed E-state index contributed by atoms with van der Waals surface area (Å²) >= 11 is 1.49. The summed E-state index contributed by atoms with van der Waals surface area (Å²) in [6.07, 6.45) is 0. The van der Waals surface area contributed by atoms with Gasteiger partial charge < -0.3 is 5.73 Å². The predicted molar refractivity (Wildman–Crippen MR) is 86.5 cm³/mol. The summed E-state index contributed by atoms with van der Waals surface area (Å²) in [5.41, 5.74) is 10.2. The first-order valence-electron chi connectivity index (χ1n) is 6.72. The van der Waals surface area contributed by atoms with Crippen molar-refractivity contribution in [1.29, 1.82) is 0 Å². The number of hydrogen-bond donors (Lipinski definition) is 1. The number of rotatable bonds is 2. The van der Waals surface area contributed by atoms with Crippen LogP contribution in [0.25, 0.3) is 27.6 Å². The molecule has 0 unspecified atom stereocenters. The van der Waals surface area contributed by atoms with Crippen LogP contribution in [0, 0.1) is 6.92 Å². The normalized spacial score (nSPS) is 11.1. The Labute approximate surface area is 130 Å². The van der Waals surface area contributed by atoms with Gasteiger partial charge in [-0.05, 0) is 6.92 Å². The van der Waals surface area contributed by atoms with Crippen LogP contribution < -0.4 is 5.73 Å². The Morgan fingerprint density at radius 2 is 1.95 bits per heavy atom. The second-order valence-corrected chi connectivity index (χ2v) is 5.75. The average molecular weight is 308 g/mol. The number of hydrogen-bond acceptors (Lipinski definition) is 6. The lowest BCUT2D eigenvalue weighted by Gasteiger charge is -2.02. The van der Waals surface area contributed by atoms with Gasteiger partial charge in [0.1, 0.15) is 5.01 Å². The molecular weight excluding hydrogens is 296 g/mol. The highest BCUT2D eigenvalue weighted by atomic mass is 32.1. The fourth-order valence-electron chi connectivity index (χ4n) is 2.26. The molecule has 22 heavy (non-hydrogen) atoms. The van der Waals surface area contributed by atoms with Crippen LogP contribution in [0.1, 0.15) is 5.69 Å². The van der Waals surface area contributed by atoms with E-state index in [0.717, 1.165) is 22.0 Å². The highest BCUT2D eigenvalue weighted by molar-refractivity contribution is 7.13. The standard InChI is InChI=1S/C15H12N6S/c1-9-7-12-18-19-13(14(16)21(12)20-9)15-17-11(8-22-15)10-5-3-2-4-6-10/h2-8H,16H2,1H3. The fourth-order valence-corrected chi connectivity index (χ4v) is 3.08. The lowest BCUT2D eigenvalue weighted by Crippen LogP contribution is -2.05. The van der Waals surface area contributed by atoms with Gasteiger partial charge in [0, 0.05) is 17.0 Å². The molecule has 4 aromatic rings. The lowest BCUT2D eigenvalue weighted by atomic mass is 10.2. The summed E-state index contributed by atoms with van der Waals surface area (Å²) in [7, 11) is 0. The number of aromatic nitrogens is 5. The van der Waals surface area contributed by atoms with Crippen LogP contribution in [0.5, 0.6) is 0 Å². The van der Waals surface area contributed by atoms with E-state index in [2.05, 4.69) is 20.3 Å². The van der Waals surface area contributed by atoms with Crippen molar-refractivity contribution in [2.75, 3.05) is 5.73 Å². The highest BCUT2D eigenvalue weighted by Gasteiger charge is 2.15. The molecular formula is C15H12N6S. The van der Waals surface area contributed by atoms with Gasteiger partial charge in [0.25, 0.3) is 0 Å². The van der Waals surface area contributed by atoms with E-state index in [4.69, 9.17) is 5.73 Å². The van der Waals surface area contributed by atoms with Crippen molar-refractivity contribution < 1.29 is 0 Å². The van der Waals surface area contributed by atoms with Crippen LogP contribution in [-0.2, 0) is 0 Å². The number of fused-ring (bicyclic) bond motifs is 1. The maximum Gasteiger partial charge on any atom is 0.179 e. The minimum absolute atomic E-state index is 0.451. The van der Waals surface area contributed by atoms with Crippen molar-refractivity contribution in [1.82, 2.24) is 24.8 Å². The highest BCUT2D eigenvalue weighted by Crippen LogP contribution is 2.30. The van der Waals surface area contributed by atoms with E-state index in [1.54, 1.807) is 4.52 Å². The Hall–Kier alpha value is -2.80. The van der Waals surface area contributed by atoms with Crippen LogP contribution in [-0.4, -0.2) is 24.8 Å². The van der Waals surface area contributed by atoms with Gasteiger partial charge >= 0.3 is 0 Å². The smallest absolute Gasteiger partial charge is 0.179 e. The van der Waals surface area contributed by atoms with Crippen molar-refractivity contribution >= 4 is 22.8 Å². The number of benzene rings is 1. The van der Waals surface area contributed by atoms with Gasteiger partial charge in [-0.2, -0.15) is 9.61 Å². The van der Waals surface area contributed by atoms with E-state index in [-0.39, 0.29) is 0 Å². The van der Waals surface area contributed by atoms with Crippen molar-refractivity contribution in [2.45, 2.75) is 6.92 Å². The van der Waals surface area contributed by atoms with Crippen molar-refractivity contribution in [3.8, 4) is 22.0 Å². The maximum atomic E-state index is 6.18. The Balaban J connectivity index is 1.83. The molecule has 0 aliphatic rings. The van der Waals surface area contributed by atoms with E-state index in [1.807, 2.05) is 48.7 Å². The minimum atomic E-state index is 0.451. The molecule has 0 radical (unpaired) electrons. The second kappa shape index (κ2) is 4.88. The van der Waals surface area contributed by atoms with Crippen LogP contribution in [0.2, 0.25) is 0 Å². The molecule has 0 spiro atoms. The number of aryl methyl sites for hydroxylation is 1. The van der Waals surface area contributed by atoms with E-state index in [0.29, 0.717) is 17.2 Å². The lowest BCUT2D eigenvalue weighted by molar-refractivity contribution is 0.892. The number of thiazole rings is 1. The molecule has 6 nitrogen and oxygen atoms in total. The fraction of sp³-hybridized carbons (Fsp3) is 0.0667. The van der Waals surface area contributed by atoms with Gasteiger partial charge in [-0.1, -0.05) is 30.3 Å². The molecule has 7 heteroatoms. The zero-order chi connectivity index (χ0) is 15.1. The average Bonchev–Trinajstić information content (AvgIpc) is 3.15. The Morgan fingerprint density at radius 3 is 2.77 bits per heavy atom. The van der Waals surface area contributed by atoms with Gasteiger partial charge in [-0.15, -0.1) is 21.5 Å². The summed E-state index contributed by atoms with van der Waals surface area (Å²) in [4.78, 5) is 4.62. The summed E-state index contributed by atoms with van der Waals surface area (Å²) in [6, 6.07) is 11.8. The first-order valence-corrected chi connectivity index (χ1v) is 7.60. The summed E-state index contributed by atoms with van der Waals surface area (Å²) in [6.45, 7) is 1.89. The van der Waals surface area contributed by atoms with Crippen LogP contribution >= 0.6 is 11.3 Å². The van der Waals surface area contributed by atoms with Crippen molar-refractivity contribution in [3.05, 3.63) is 47.5 Å². The van der Waals surface area contributed by atoms with E-state index in [1.165, 1.54) is 11.3 Å². The molecule has 1 aromatic carbocycles. The maximum absolute atomic E-state index is 6.18. The third-order valence-electron chi connectivity index (χ3n) is 3.31. The topological polar surface area (TPSA) is 82.0 Å². The predicted octanol–water partition coefficient (Wildman–Crippen LogP) is 2.81. The van der Waals surface area contributed by atoms with Crippen LogP contribution in [0.4, 0.5) is 5.82 Å². The molecule has 0 saturated heterocycles. The number of anilines is 1. The number of nitrogens with zero attached hydrogens (tertiary/aromatic N) is 5. The molecule has 2 N–H and O–H groups in total.